The first-order valence-corrected chi connectivity index (χ1v) is 5.73. The summed E-state index contributed by atoms with van der Waals surface area (Å²) in [5.74, 6) is 0.805. The van der Waals surface area contributed by atoms with Gasteiger partial charge < -0.3 is 4.74 Å². The Bertz CT molecular complexity index is 477. The first kappa shape index (κ1) is 11.2. The third kappa shape index (κ3) is 2.51. The van der Waals surface area contributed by atoms with Crippen LogP contribution in [0.25, 0.3) is 0 Å². The van der Waals surface area contributed by atoms with E-state index in [2.05, 4.69) is 35.4 Å². The van der Waals surface area contributed by atoms with Gasteiger partial charge in [-0.25, -0.2) is 9.31 Å². The van der Waals surface area contributed by atoms with Crippen molar-refractivity contribution in [3.8, 4) is 0 Å². The molecule has 0 N–H and O–H groups in total. The standard InChI is InChI=1S/C9H13N7O2/c1-3-17-4-2-15(1)7-9-11-13-14-16(9)6-8-5-10-18-12-8/h5H,1-4,6-7H2. The highest BCUT2D eigenvalue weighted by Gasteiger charge is 2.15. The molecule has 3 heterocycles. The number of nitrogens with zero attached hydrogens (tertiary/aromatic N) is 7. The lowest BCUT2D eigenvalue weighted by atomic mass is 10.4. The predicted octanol–water partition coefficient (Wildman–Crippen LogP) is -1.06. The Morgan fingerprint density at radius 2 is 2.11 bits per heavy atom. The van der Waals surface area contributed by atoms with E-state index < -0.39 is 0 Å². The average Bonchev–Trinajstić information content (AvgIpc) is 3.04. The number of ether oxygens (including phenoxy) is 1. The van der Waals surface area contributed by atoms with Crippen molar-refractivity contribution in [2.75, 3.05) is 26.3 Å². The molecule has 0 saturated carbocycles. The van der Waals surface area contributed by atoms with Crippen molar-refractivity contribution < 1.29 is 9.37 Å². The molecule has 2 aromatic heterocycles. The molecule has 0 aliphatic carbocycles. The van der Waals surface area contributed by atoms with Gasteiger partial charge in [0.15, 0.2) is 5.82 Å². The zero-order chi connectivity index (χ0) is 12.2. The van der Waals surface area contributed by atoms with Crippen LogP contribution in [-0.4, -0.2) is 61.7 Å². The normalized spacial score (nSPS) is 17.1. The number of hydrogen-bond acceptors (Lipinski definition) is 8. The van der Waals surface area contributed by atoms with E-state index >= 15 is 0 Å². The van der Waals surface area contributed by atoms with Crippen molar-refractivity contribution >= 4 is 0 Å². The summed E-state index contributed by atoms with van der Waals surface area (Å²) in [5, 5.41) is 19.0. The Balaban J connectivity index is 1.67. The molecule has 9 nitrogen and oxygen atoms in total. The maximum Gasteiger partial charge on any atom is 0.165 e. The van der Waals surface area contributed by atoms with Crippen LogP contribution in [0.1, 0.15) is 11.5 Å². The fraction of sp³-hybridized carbons (Fsp3) is 0.667. The molecular weight excluding hydrogens is 238 g/mol. The highest BCUT2D eigenvalue weighted by Crippen LogP contribution is 2.05. The second-order valence-electron chi connectivity index (χ2n) is 4.04. The SMILES string of the molecule is c1nonc1Cn1nnnc1CN1CCOCC1. The van der Waals surface area contributed by atoms with Crippen LogP contribution in [0.4, 0.5) is 0 Å². The molecule has 1 fully saturated rings. The van der Waals surface area contributed by atoms with Crippen molar-refractivity contribution in [2.24, 2.45) is 0 Å². The highest BCUT2D eigenvalue weighted by atomic mass is 16.6. The van der Waals surface area contributed by atoms with Gasteiger partial charge in [-0.1, -0.05) is 10.3 Å². The zero-order valence-corrected chi connectivity index (χ0v) is 9.77. The molecule has 1 aliphatic heterocycles. The molecule has 3 rings (SSSR count). The number of rotatable bonds is 4. The van der Waals surface area contributed by atoms with E-state index in [1.165, 1.54) is 0 Å². The topological polar surface area (TPSA) is 95.0 Å². The van der Waals surface area contributed by atoms with Crippen LogP contribution in [0.2, 0.25) is 0 Å². The Hall–Kier alpha value is -1.87. The third-order valence-corrected chi connectivity index (χ3v) is 2.79. The molecule has 2 aromatic rings. The first-order chi connectivity index (χ1) is 8.92. The predicted molar refractivity (Wildman–Crippen MR) is 57.3 cm³/mol. The van der Waals surface area contributed by atoms with Crippen molar-refractivity contribution in [3.05, 3.63) is 17.7 Å². The summed E-state index contributed by atoms with van der Waals surface area (Å²) in [6, 6.07) is 0. The van der Waals surface area contributed by atoms with Crippen molar-refractivity contribution in [2.45, 2.75) is 13.1 Å². The summed E-state index contributed by atoms with van der Waals surface area (Å²) in [4.78, 5) is 2.26. The van der Waals surface area contributed by atoms with E-state index in [1.807, 2.05) is 0 Å². The second kappa shape index (κ2) is 5.19. The van der Waals surface area contributed by atoms with Crippen LogP contribution in [-0.2, 0) is 17.8 Å². The molecule has 0 amide bonds. The number of morpholine rings is 1. The number of tetrazole rings is 1. The minimum absolute atomic E-state index is 0.468. The van der Waals surface area contributed by atoms with Crippen molar-refractivity contribution in [1.29, 1.82) is 0 Å². The molecule has 18 heavy (non-hydrogen) atoms. The smallest absolute Gasteiger partial charge is 0.165 e. The minimum Gasteiger partial charge on any atom is -0.379 e. The lowest BCUT2D eigenvalue weighted by Gasteiger charge is -2.25. The molecular formula is C9H13N7O2. The third-order valence-electron chi connectivity index (χ3n) is 2.79. The van der Waals surface area contributed by atoms with Crippen LogP contribution in [0.5, 0.6) is 0 Å². The monoisotopic (exact) mass is 251 g/mol. The Kier molecular flexibility index (Phi) is 3.24. The first-order valence-electron chi connectivity index (χ1n) is 5.73. The van der Waals surface area contributed by atoms with E-state index in [4.69, 9.17) is 4.74 Å². The van der Waals surface area contributed by atoms with Gasteiger partial charge in [0.1, 0.15) is 5.69 Å². The van der Waals surface area contributed by atoms with E-state index in [0.717, 1.165) is 32.1 Å². The lowest BCUT2D eigenvalue weighted by Crippen LogP contribution is -2.36. The van der Waals surface area contributed by atoms with E-state index in [9.17, 15) is 0 Å². The highest BCUT2D eigenvalue weighted by molar-refractivity contribution is 4.93. The molecule has 1 aliphatic rings. The molecule has 1 saturated heterocycles. The summed E-state index contributed by atoms with van der Waals surface area (Å²) < 4.78 is 11.6. The minimum atomic E-state index is 0.468. The molecule has 0 radical (unpaired) electrons. The maximum atomic E-state index is 5.30. The van der Waals surface area contributed by atoms with Crippen LogP contribution < -0.4 is 0 Å². The summed E-state index contributed by atoms with van der Waals surface area (Å²) in [5.41, 5.74) is 0.700. The van der Waals surface area contributed by atoms with Crippen molar-refractivity contribution in [1.82, 2.24) is 35.4 Å². The Morgan fingerprint density at radius 3 is 2.89 bits per heavy atom. The molecule has 9 heteroatoms. The maximum absolute atomic E-state index is 5.30. The molecule has 0 atom stereocenters. The van der Waals surface area contributed by atoms with Gasteiger partial charge in [-0.2, -0.15) is 0 Å². The lowest BCUT2D eigenvalue weighted by molar-refractivity contribution is 0.0324. The fourth-order valence-electron chi connectivity index (χ4n) is 1.83. The van der Waals surface area contributed by atoms with E-state index in [0.29, 0.717) is 18.8 Å². The summed E-state index contributed by atoms with van der Waals surface area (Å²) in [7, 11) is 0. The van der Waals surface area contributed by atoms with Gasteiger partial charge >= 0.3 is 0 Å². The summed E-state index contributed by atoms with van der Waals surface area (Å²) in [6.45, 7) is 4.50. The Morgan fingerprint density at radius 1 is 1.22 bits per heavy atom. The number of aromatic nitrogens is 6. The second-order valence-corrected chi connectivity index (χ2v) is 4.04. The Labute approximate surface area is 103 Å². The van der Waals surface area contributed by atoms with Crippen LogP contribution >= 0.6 is 0 Å². The van der Waals surface area contributed by atoms with Gasteiger partial charge in [-0.3, -0.25) is 4.90 Å². The summed E-state index contributed by atoms with van der Waals surface area (Å²) in [6.07, 6.45) is 1.56. The number of hydrogen-bond donors (Lipinski definition) is 0. The van der Waals surface area contributed by atoms with Gasteiger partial charge in [-0.05, 0) is 10.4 Å². The average molecular weight is 251 g/mol. The van der Waals surface area contributed by atoms with Crippen LogP contribution in [0.15, 0.2) is 10.8 Å². The van der Waals surface area contributed by atoms with Gasteiger partial charge in [0, 0.05) is 13.1 Å². The molecule has 0 aromatic carbocycles. The fourth-order valence-corrected chi connectivity index (χ4v) is 1.83. The molecule has 0 bridgehead atoms. The molecule has 96 valence electrons. The van der Waals surface area contributed by atoms with Crippen molar-refractivity contribution in [3.63, 3.8) is 0 Å². The van der Waals surface area contributed by atoms with E-state index in [-0.39, 0.29) is 0 Å². The largest absolute Gasteiger partial charge is 0.379 e. The molecule has 0 spiro atoms. The summed E-state index contributed by atoms with van der Waals surface area (Å²) >= 11 is 0. The van der Waals surface area contributed by atoms with Crippen LogP contribution in [0, 0.1) is 0 Å². The molecule has 0 unspecified atom stereocenters. The van der Waals surface area contributed by atoms with Gasteiger partial charge in [-0.15, -0.1) is 5.10 Å². The van der Waals surface area contributed by atoms with Gasteiger partial charge in [0.05, 0.1) is 32.5 Å². The quantitative estimate of drug-likeness (QED) is 0.678. The van der Waals surface area contributed by atoms with Crippen LogP contribution in [0.3, 0.4) is 0 Å². The van der Waals surface area contributed by atoms with E-state index in [1.54, 1.807) is 10.9 Å². The van der Waals surface area contributed by atoms with Gasteiger partial charge in [0.25, 0.3) is 0 Å². The van der Waals surface area contributed by atoms with Gasteiger partial charge in [0.2, 0.25) is 0 Å². The zero-order valence-electron chi connectivity index (χ0n) is 9.77.